The zero-order valence-electron chi connectivity index (χ0n) is 18.6. The topological polar surface area (TPSA) is 131 Å². The van der Waals surface area contributed by atoms with Gasteiger partial charge in [-0.2, -0.15) is 0 Å². The van der Waals surface area contributed by atoms with Crippen LogP contribution in [0.15, 0.2) is 78.5 Å². The Morgan fingerprint density at radius 1 is 1.08 bits per heavy atom. The highest BCUT2D eigenvalue weighted by Gasteiger charge is 2.35. The van der Waals surface area contributed by atoms with Gasteiger partial charge in [-0.15, -0.1) is 0 Å². The fourth-order valence-corrected chi connectivity index (χ4v) is 3.40. The van der Waals surface area contributed by atoms with Crippen LogP contribution in [0.5, 0.6) is 5.75 Å². The molecule has 0 saturated carbocycles. The Hall–Kier alpha value is -5.06. The number of ether oxygens (including phenoxy) is 1. The molecule has 0 unspecified atom stereocenters. The van der Waals surface area contributed by atoms with Crippen molar-refractivity contribution in [3.63, 3.8) is 0 Å². The number of carbonyl (C=O) groups excluding carboxylic acids is 3. The van der Waals surface area contributed by atoms with Gasteiger partial charge in [0, 0.05) is 6.07 Å². The van der Waals surface area contributed by atoms with Crippen LogP contribution >= 0.6 is 0 Å². The Morgan fingerprint density at radius 2 is 1.81 bits per heavy atom. The van der Waals surface area contributed by atoms with Crippen LogP contribution in [0.25, 0.3) is 6.08 Å². The van der Waals surface area contributed by atoms with Crippen molar-refractivity contribution in [3.05, 3.63) is 106 Å². The average molecular weight is 490 g/mol. The smallest absolute Gasteiger partial charge is 0.329 e. The van der Waals surface area contributed by atoms with E-state index in [0.29, 0.717) is 4.90 Å². The molecule has 10 nitrogen and oxygen atoms in total. The number of halogens is 1. The molecule has 2 N–H and O–H groups in total. The largest absolute Gasteiger partial charge is 0.482 e. The molecule has 0 spiro atoms. The monoisotopic (exact) mass is 490 g/mol. The molecule has 4 amide bonds. The van der Waals surface area contributed by atoms with Gasteiger partial charge in [-0.1, -0.05) is 48.5 Å². The number of para-hydroxylation sites is 1. The number of amides is 4. The lowest BCUT2D eigenvalue weighted by atomic mass is 10.1. The number of nitrogens with one attached hydrogen (secondary N) is 2. The highest BCUT2D eigenvalue weighted by Crippen LogP contribution is 2.30. The summed E-state index contributed by atoms with van der Waals surface area (Å²) in [6.45, 7) is -0.524. The highest BCUT2D eigenvalue weighted by molar-refractivity contribution is 6.16. The van der Waals surface area contributed by atoms with E-state index in [-0.39, 0.29) is 35.0 Å². The third-order valence-electron chi connectivity index (χ3n) is 5.14. The average Bonchev–Trinajstić information content (AvgIpc) is 3.12. The Labute approximate surface area is 204 Å². The van der Waals surface area contributed by atoms with Gasteiger partial charge in [-0.05, 0) is 35.4 Å². The normalized spacial score (nSPS) is 14.0. The number of benzene rings is 3. The molecule has 36 heavy (non-hydrogen) atoms. The maximum Gasteiger partial charge on any atom is 0.329 e. The Bertz CT molecular complexity index is 1380. The number of nitro benzene ring substituents is 1. The summed E-state index contributed by atoms with van der Waals surface area (Å²) in [5.41, 5.74) is 0.503. The summed E-state index contributed by atoms with van der Waals surface area (Å²) in [7, 11) is 0. The van der Waals surface area contributed by atoms with Crippen LogP contribution in [-0.2, 0) is 16.2 Å². The number of urea groups is 1. The molecule has 0 bridgehead atoms. The number of hydrogen-bond donors (Lipinski definition) is 2. The maximum atomic E-state index is 13.7. The van der Waals surface area contributed by atoms with Gasteiger partial charge in [-0.25, -0.2) is 14.1 Å². The molecular weight excluding hydrogens is 471 g/mol. The number of carbonyl (C=O) groups is 3. The van der Waals surface area contributed by atoms with E-state index in [1.807, 2.05) is 30.3 Å². The molecule has 11 heteroatoms. The molecule has 3 aromatic carbocycles. The first-order valence-corrected chi connectivity index (χ1v) is 10.7. The lowest BCUT2D eigenvalue weighted by Crippen LogP contribution is -2.38. The van der Waals surface area contributed by atoms with Crippen molar-refractivity contribution in [3.8, 4) is 5.75 Å². The van der Waals surface area contributed by atoms with Gasteiger partial charge in [-0.3, -0.25) is 19.7 Å². The van der Waals surface area contributed by atoms with E-state index >= 15 is 0 Å². The lowest BCUT2D eigenvalue weighted by Gasteiger charge is -2.12. The number of nitro groups is 1. The summed E-state index contributed by atoms with van der Waals surface area (Å²) in [5, 5.41) is 16.2. The Kier molecular flexibility index (Phi) is 7.00. The number of hydrogen-bond acceptors (Lipinski definition) is 6. The first-order valence-electron chi connectivity index (χ1n) is 10.7. The molecule has 0 radical (unpaired) electrons. The van der Waals surface area contributed by atoms with Crippen molar-refractivity contribution < 1.29 is 28.4 Å². The molecule has 0 aliphatic carbocycles. The van der Waals surface area contributed by atoms with Crippen LogP contribution in [-0.4, -0.2) is 34.2 Å². The van der Waals surface area contributed by atoms with Gasteiger partial charge in [0.15, 0.2) is 5.75 Å². The van der Waals surface area contributed by atoms with Crippen molar-refractivity contribution in [2.24, 2.45) is 0 Å². The van der Waals surface area contributed by atoms with Crippen molar-refractivity contribution in [1.82, 2.24) is 10.2 Å². The second kappa shape index (κ2) is 10.5. The molecular formula is C25H19FN4O6. The standard InChI is InChI=1S/C25H19FN4O6/c26-18-8-4-5-9-19(18)27-23(31)14-29-24(32)20(28-25(29)33)12-17-10-11-22(21(13-17)30(34)35)36-15-16-6-2-1-3-7-16/h1-13H,14-15H2,(H,27,31)(H,28,33)/b20-12+. The van der Waals surface area contributed by atoms with Crippen LogP contribution in [0.1, 0.15) is 11.1 Å². The summed E-state index contributed by atoms with van der Waals surface area (Å²) in [5.74, 6) is -2.21. The Balaban J connectivity index is 1.47. The molecule has 4 rings (SSSR count). The van der Waals surface area contributed by atoms with Gasteiger partial charge >= 0.3 is 11.7 Å². The predicted octanol–water partition coefficient (Wildman–Crippen LogP) is 3.84. The zero-order valence-corrected chi connectivity index (χ0v) is 18.6. The highest BCUT2D eigenvalue weighted by atomic mass is 19.1. The minimum Gasteiger partial charge on any atom is -0.482 e. The molecule has 1 fully saturated rings. The van der Waals surface area contributed by atoms with E-state index in [0.717, 1.165) is 11.6 Å². The third-order valence-corrected chi connectivity index (χ3v) is 5.14. The van der Waals surface area contributed by atoms with Crippen LogP contribution in [0.4, 0.5) is 20.6 Å². The second-order valence-electron chi connectivity index (χ2n) is 7.67. The summed E-state index contributed by atoms with van der Waals surface area (Å²) in [6, 6.07) is 17.8. The lowest BCUT2D eigenvalue weighted by molar-refractivity contribution is -0.386. The fraction of sp³-hybridized carbons (Fsp3) is 0.0800. The summed E-state index contributed by atoms with van der Waals surface area (Å²) in [6.07, 6.45) is 1.25. The molecule has 0 aromatic heterocycles. The molecule has 1 aliphatic heterocycles. The van der Waals surface area contributed by atoms with Gasteiger partial charge in [0.05, 0.1) is 10.6 Å². The quantitative estimate of drug-likeness (QED) is 0.214. The number of rotatable bonds is 8. The van der Waals surface area contributed by atoms with Gasteiger partial charge in [0.25, 0.3) is 5.91 Å². The van der Waals surface area contributed by atoms with E-state index in [1.165, 1.54) is 42.5 Å². The van der Waals surface area contributed by atoms with Crippen molar-refractivity contribution >= 4 is 35.3 Å². The number of anilines is 1. The molecule has 0 atom stereocenters. The molecule has 1 aliphatic rings. The van der Waals surface area contributed by atoms with E-state index < -0.39 is 35.1 Å². The van der Waals surface area contributed by atoms with E-state index in [2.05, 4.69) is 10.6 Å². The number of imide groups is 1. The zero-order chi connectivity index (χ0) is 25.7. The molecule has 182 valence electrons. The van der Waals surface area contributed by atoms with Crippen molar-refractivity contribution in [1.29, 1.82) is 0 Å². The van der Waals surface area contributed by atoms with Crippen molar-refractivity contribution in [2.45, 2.75) is 6.61 Å². The number of nitrogens with zero attached hydrogens (tertiary/aromatic N) is 2. The molecule has 1 heterocycles. The van der Waals surface area contributed by atoms with E-state index in [1.54, 1.807) is 0 Å². The minimum absolute atomic E-state index is 0.0410. The van der Waals surface area contributed by atoms with Crippen LogP contribution in [0.3, 0.4) is 0 Å². The predicted molar refractivity (Wildman–Crippen MR) is 127 cm³/mol. The van der Waals surface area contributed by atoms with E-state index in [9.17, 15) is 28.9 Å². The van der Waals surface area contributed by atoms with Crippen molar-refractivity contribution in [2.75, 3.05) is 11.9 Å². The maximum absolute atomic E-state index is 13.7. The first-order chi connectivity index (χ1) is 17.3. The van der Waals surface area contributed by atoms with E-state index in [4.69, 9.17) is 4.74 Å². The van der Waals surface area contributed by atoms with Crippen LogP contribution in [0, 0.1) is 15.9 Å². The van der Waals surface area contributed by atoms with Gasteiger partial charge < -0.3 is 15.4 Å². The molecule has 1 saturated heterocycles. The van der Waals surface area contributed by atoms with Gasteiger partial charge in [0.1, 0.15) is 24.7 Å². The van der Waals surface area contributed by atoms with Crippen LogP contribution < -0.4 is 15.4 Å². The molecule has 3 aromatic rings. The summed E-state index contributed by atoms with van der Waals surface area (Å²) in [4.78, 5) is 48.8. The SMILES string of the molecule is O=C(CN1C(=O)N/C(=C/c2ccc(OCc3ccccc3)c([N+](=O)[O-])c2)C1=O)Nc1ccccc1F. The third kappa shape index (κ3) is 5.53. The van der Waals surface area contributed by atoms with Crippen LogP contribution in [0.2, 0.25) is 0 Å². The summed E-state index contributed by atoms with van der Waals surface area (Å²) < 4.78 is 19.3. The first kappa shape index (κ1) is 24.1. The van der Waals surface area contributed by atoms with Gasteiger partial charge in [0.2, 0.25) is 5.91 Å². The second-order valence-corrected chi connectivity index (χ2v) is 7.67. The minimum atomic E-state index is -0.854. The Morgan fingerprint density at radius 3 is 2.53 bits per heavy atom. The summed E-state index contributed by atoms with van der Waals surface area (Å²) >= 11 is 0. The fourth-order valence-electron chi connectivity index (χ4n) is 3.40.